The van der Waals surface area contributed by atoms with Gasteiger partial charge in [0, 0.05) is 5.92 Å². The molecule has 0 bridgehead atoms. The van der Waals surface area contributed by atoms with E-state index < -0.39 is 0 Å². The van der Waals surface area contributed by atoms with Crippen LogP contribution in [-0.4, -0.2) is 23.9 Å². The minimum absolute atomic E-state index is 0.354. The molecule has 0 aliphatic rings. The van der Waals surface area contributed by atoms with E-state index in [9.17, 15) is 0 Å². The Hall–Kier alpha value is -1.30. The number of H-pyrrole nitrogens is 1. The molecule has 0 fully saturated rings. The van der Waals surface area contributed by atoms with Crippen molar-refractivity contribution in [2.75, 3.05) is 0 Å². The lowest BCUT2D eigenvalue weighted by molar-refractivity contribution is 0.781. The summed E-state index contributed by atoms with van der Waals surface area (Å²) in [5.74, 6) is 1.85. The second-order valence-corrected chi connectivity index (χ2v) is 3.55. The zero-order valence-electron chi connectivity index (χ0n) is 7.35. The molecule has 0 aliphatic heterocycles. The molecule has 2 aromatic rings. The van der Waals surface area contributed by atoms with E-state index >= 15 is 0 Å². The van der Waals surface area contributed by atoms with Gasteiger partial charge in [0.1, 0.15) is 11.5 Å². The van der Waals surface area contributed by atoms with Gasteiger partial charge >= 0.3 is 0 Å². The van der Waals surface area contributed by atoms with Crippen LogP contribution >= 0.6 is 11.7 Å². The van der Waals surface area contributed by atoms with Crippen LogP contribution in [0.3, 0.4) is 0 Å². The second-order valence-electron chi connectivity index (χ2n) is 2.99. The Morgan fingerprint density at radius 1 is 1.46 bits per heavy atom. The van der Waals surface area contributed by atoms with E-state index in [1.54, 1.807) is 6.20 Å². The van der Waals surface area contributed by atoms with Crippen molar-refractivity contribution in [3.63, 3.8) is 0 Å². The highest BCUT2D eigenvalue weighted by atomic mass is 32.1. The van der Waals surface area contributed by atoms with Crippen LogP contribution in [0.2, 0.25) is 0 Å². The molecule has 2 rings (SSSR count). The lowest BCUT2D eigenvalue weighted by atomic mass is 10.2. The second kappa shape index (κ2) is 3.21. The van der Waals surface area contributed by atoms with Gasteiger partial charge in [-0.15, -0.1) is 0 Å². The highest BCUT2D eigenvalue weighted by Crippen LogP contribution is 2.14. The predicted molar refractivity (Wildman–Crippen MR) is 49.4 cm³/mol. The first-order chi connectivity index (χ1) is 6.27. The van der Waals surface area contributed by atoms with E-state index in [-0.39, 0.29) is 0 Å². The monoisotopic (exact) mass is 195 g/mol. The average molecular weight is 195 g/mol. The van der Waals surface area contributed by atoms with Crippen LogP contribution in [0.1, 0.15) is 25.6 Å². The van der Waals surface area contributed by atoms with Crippen molar-refractivity contribution in [1.29, 1.82) is 0 Å². The van der Waals surface area contributed by atoms with Gasteiger partial charge in [-0.3, -0.25) is 5.10 Å². The Morgan fingerprint density at radius 3 is 2.85 bits per heavy atom. The minimum atomic E-state index is 0.354. The van der Waals surface area contributed by atoms with E-state index in [4.69, 9.17) is 0 Å². The predicted octanol–water partition coefficient (Wildman–Crippen LogP) is 1.45. The summed E-state index contributed by atoms with van der Waals surface area (Å²) < 4.78 is 7.93. The van der Waals surface area contributed by atoms with Gasteiger partial charge in [0.2, 0.25) is 5.82 Å². The molecular weight excluding hydrogens is 186 g/mol. The Kier molecular flexibility index (Phi) is 2.05. The maximum absolute atomic E-state index is 4.29. The van der Waals surface area contributed by atoms with Gasteiger partial charge in [-0.05, 0) is 0 Å². The molecule has 5 nitrogen and oxygen atoms in total. The number of hydrogen-bond donors (Lipinski definition) is 1. The standard InChI is InChI=1S/C7H9N5S/c1-4(2)6-9-7(11-10-6)5-3-8-13-12-5/h3-4H,1-2H3,(H,9,10,11). The molecule has 0 saturated carbocycles. The Balaban J connectivity index is 2.33. The molecule has 2 aromatic heterocycles. The summed E-state index contributed by atoms with van der Waals surface area (Å²) in [7, 11) is 0. The van der Waals surface area contributed by atoms with Crippen LogP contribution in [0.15, 0.2) is 6.20 Å². The van der Waals surface area contributed by atoms with E-state index in [1.165, 1.54) is 0 Å². The molecule has 0 spiro atoms. The van der Waals surface area contributed by atoms with Gasteiger partial charge in [-0.25, -0.2) is 4.98 Å². The third kappa shape index (κ3) is 1.57. The summed E-state index contributed by atoms with van der Waals surface area (Å²) in [6.45, 7) is 4.12. The molecule has 0 aromatic carbocycles. The van der Waals surface area contributed by atoms with Gasteiger partial charge in [-0.2, -0.15) is 13.8 Å². The third-order valence-corrected chi connectivity index (χ3v) is 2.12. The molecular formula is C7H9N5S. The van der Waals surface area contributed by atoms with E-state index in [1.807, 2.05) is 0 Å². The number of nitrogens with one attached hydrogen (secondary N) is 1. The maximum atomic E-state index is 4.29. The molecule has 0 radical (unpaired) electrons. The van der Waals surface area contributed by atoms with E-state index in [0.29, 0.717) is 11.7 Å². The van der Waals surface area contributed by atoms with Gasteiger partial charge in [0.25, 0.3) is 0 Å². The van der Waals surface area contributed by atoms with Crippen LogP contribution in [0.25, 0.3) is 11.5 Å². The zero-order valence-corrected chi connectivity index (χ0v) is 8.17. The lowest BCUT2D eigenvalue weighted by Gasteiger charge is -1.94. The molecule has 0 aliphatic carbocycles. The summed E-state index contributed by atoms with van der Waals surface area (Å²) in [5.41, 5.74) is 0.730. The van der Waals surface area contributed by atoms with Crippen LogP contribution in [-0.2, 0) is 0 Å². The molecule has 0 unspecified atom stereocenters. The number of aromatic nitrogens is 5. The summed E-state index contributed by atoms with van der Waals surface area (Å²) in [6.07, 6.45) is 1.66. The summed E-state index contributed by atoms with van der Waals surface area (Å²) in [4.78, 5) is 4.29. The molecule has 0 amide bonds. The van der Waals surface area contributed by atoms with Crippen molar-refractivity contribution in [2.45, 2.75) is 19.8 Å². The fourth-order valence-electron chi connectivity index (χ4n) is 0.910. The van der Waals surface area contributed by atoms with Crippen LogP contribution < -0.4 is 0 Å². The van der Waals surface area contributed by atoms with Crippen LogP contribution in [0.5, 0.6) is 0 Å². The van der Waals surface area contributed by atoms with Crippen LogP contribution in [0, 0.1) is 0 Å². The van der Waals surface area contributed by atoms with Crippen molar-refractivity contribution in [2.24, 2.45) is 0 Å². The number of nitrogens with zero attached hydrogens (tertiary/aromatic N) is 4. The molecule has 1 N–H and O–H groups in total. The maximum Gasteiger partial charge on any atom is 0.202 e. The first-order valence-electron chi connectivity index (χ1n) is 3.97. The first-order valence-corrected chi connectivity index (χ1v) is 4.70. The lowest BCUT2D eigenvalue weighted by Crippen LogP contribution is -1.89. The smallest absolute Gasteiger partial charge is 0.202 e. The van der Waals surface area contributed by atoms with Gasteiger partial charge in [-0.1, -0.05) is 13.8 Å². The SMILES string of the molecule is CC(C)c1nc(-c2cnsn2)n[nH]1. The van der Waals surface area contributed by atoms with Crippen molar-refractivity contribution in [1.82, 2.24) is 23.9 Å². The Labute approximate surface area is 79.6 Å². The fourth-order valence-corrected chi connectivity index (χ4v) is 1.32. The number of rotatable bonds is 2. The Morgan fingerprint density at radius 2 is 2.31 bits per heavy atom. The van der Waals surface area contributed by atoms with E-state index in [0.717, 1.165) is 23.2 Å². The average Bonchev–Trinajstić information content (AvgIpc) is 2.75. The summed E-state index contributed by atoms with van der Waals surface area (Å²) in [6, 6.07) is 0. The zero-order chi connectivity index (χ0) is 9.26. The molecule has 0 atom stereocenters. The topological polar surface area (TPSA) is 67.3 Å². The number of aromatic amines is 1. The molecule has 13 heavy (non-hydrogen) atoms. The van der Waals surface area contributed by atoms with Gasteiger partial charge in [0.15, 0.2) is 0 Å². The minimum Gasteiger partial charge on any atom is -0.262 e. The highest BCUT2D eigenvalue weighted by Gasteiger charge is 2.09. The molecule has 6 heteroatoms. The summed E-state index contributed by atoms with van der Waals surface area (Å²) in [5, 5.41) is 6.92. The van der Waals surface area contributed by atoms with Crippen LogP contribution in [0.4, 0.5) is 0 Å². The van der Waals surface area contributed by atoms with Crippen molar-refractivity contribution in [3.8, 4) is 11.5 Å². The van der Waals surface area contributed by atoms with Crippen molar-refractivity contribution >= 4 is 11.7 Å². The van der Waals surface area contributed by atoms with Crippen molar-refractivity contribution in [3.05, 3.63) is 12.0 Å². The van der Waals surface area contributed by atoms with Crippen molar-refractivity contribution < 1.29 is 0 Å². The molecule has 2 heterocycles. The third-order valence-electron chi connectivity index (χ3n) is 1.64. The van der Waals surface area contributed by atoms with E-state index in [2.05, 4.69) is 37.8 Å². The quantitative estimate of drug-likeness (QED) is 0.787. The number of hydrogen-bond acceptors (Lipinski definition) is 5. The molecule has 68 valence electrons. The largest absolute Gasteiger partial charge is 0.262 e. The van der Waals surface area contributed by atoms with Gasteiger partial charge < -0.3 is 0 Å². The molecule has 0 saturated heterocycles. The summed E-state index contributed by atoms with van der Waals surface area (Å²) >= 11 is 1.16. The Bertz CT molecular complexity index is 377. The fraction of sp³-hybridized carbons (Fsp3) is 0.429. The first kappa shape index (κ1) is 8.31. The van der Waals surface area contributed by atoms with Gasteiger partial charge in [0.05, 0.1) is 17.9 Å². The normalized spacial score (nSPS) is 11.0. The highest BCUT2D eigenvalue weighted by molar-refractivity contribution is 6.99.